The molecule has 4 N–H and O–H groups in total. The fourth-order valence-electron chi connectivity index (χ4n) is 7.65. The summed E-state index contributed by atoms with van der Waals surface area (Å²) < 4.78 is 5.10. The minimum absolute atomic E-state index is 0.124. The van der Waals surface area contributed by atoms with E-state index >= 15 is 0 Å². The average Bonchev–Trinajstić information content (AvgIpc) is 3.85. The number of oxazole rings is 1. The van der Waals surface area contributed by atoms with Crippen molar-refractivity contribution < 1.29 is 23.6 Å². The van der Waals surface area contributed by atoms with Gasteiger partial charge in [-0.3, -0.25) is 24.2 Å². The van der Waals surface area contributed by atoms with E-state index in [-0.39, 0.29) is 48.4 Å². The quantitative estimate of drug-likeness (QED) is 0.172. The molecule has 7 rings (SSSR count). The van der Waals surface area contributed by atoms with Crippen LogP contribution in [0.15, 0.2) is 82.1 Å². The second-order valence-electron chi connectivity index (χ2n) is 13.5. The summed E-state index contributed by atoms with van der Waals surface area (Å²) in [5.41, 5.74) is 3.95. The minimum Gasteiger partial charge on any atom is -0.408 e. The number of H-pyrrole nitrogens is 2. The number of carbonyl (C=O) groups excluding carboxylic acids is 4. The number of hydrogen-bond acceptors (Lipinski definition) is 6. The van der Waals surface area contributed by atoms with Gasteiger partial charge < -0.3 is 29.8 Å². The Labute approximate surface area is 298 Å². The molecule has 4 atom stereocenters. The second-order valence-corrected chi connectivity index (χ2v) is 13.9. The highest BCUT2D eigenvalue weighted by molar-refractivity contribution is 6.31. The molecule has 3 unspecified atom stereocenters. The monoisotopic (exact) mass is 710 g/mol. The molecule has 0 aliphatic carbocycles. The van der Waals surface area contributed by atoms with Crippen molar-refractivity contribution in [2.45, 2.75) is 31.7 Å². The fraction of sp³-hybridized carbons (Fsp3) is 0.342. The van der Waals surface area contributed by atoms with Crippen LogP contribution in [0.4, 0.5) is 0 Å². The Kier molecular flexibility index (Phi) is 9.68. The molecule has 13 heteroatoms. The number of likely N-dealkylation sites (tertiary alicyclic amines) is 2. The number of piperidine rings is 1. The van der Waals surface area contributed by atoms with Crippen LogP contribution in [0.1, 0.15) is 34.3 Å². The summed E-state index contributed by atoms with van der Waals surface area (Å²) in [5.74, 6) is -2.64. The number of amides is 4. The maximum absolute atomic E-state index is 14.2. The van der Waals surface area contributed by atoms with Crippen LogP contribution < -0.4 is 16.4 Å². The number of rotatable bonds is 10. The van der Waals surface area contributed by atoms with E-state index in [2.05, 4.69) is 20.6 Å². The van der Waals surface area contributed by atoms with Gasteiger partial charge in [-0.25, -0.2) is 4.79 Å². The summed E-state index contributed by atoms with van der Waals surface area (Å²) in [6.07, 6.45) is 3.82. The third-order valence-electron chi connectivity index (χ3n) is 10.3. The lowest BCUT2D eigenvalue weighted by atomic mass is 9.79. The van der Waals surface area contributed by atoms with Gasteiger partial charge in [-0.1, -0.05) is 48.0 Å². The summed E-state index contributed by atoms with van der Waals surface area (Å²) in [6, 6.07) is 19.5. The van der Waals surface area contributed by atoms with Crippen LogP contribution >= 0.6 is 11.6 Å². The second kappa shape index (κ2) is 14.5. The van der Waals surface area contributed by atoms with E-state index in [0.29, 0.717) is 54.2 Å². The van der Waals surface area contributed by atoms with E-state index < -0.39 is 17.7 Å². The number of nitrogens with zero attached hydrogens (tertiary/aromatic N) is 2. The van der Waals surface area contributed by atoms with E-state index in [0.717, 1.165) is 28.5 Å². The fourth-order valence-corrected chi connectivity index (χ4v) is 7.82. The summed E-state index contributed by atoms with van der Waals surface area (Å²) in [6.45, 7) is 1.20. The molecular formula is C38H39ClN6O6. The molecule has 0 radical (unpaired) electrons. The van der Waals surface area contributed by atoms with Crippen molar-refractivity contribution in [1.82, 2.24) is 30.4 Å². The van der Waals surface area contributed by atoms with Gasteiger partial charge in [0.05, 0.1) is 17.9 Å². The standard InChI is InChI=1S/C38H39ClN6O6/c1-40-36(48)30(9-5-8-22-6-3-2-4-7-22)42-35(47)29-21-44(34(46)15-24-17-41-31-16-26(39)11-12-27(24)31)18-25-19-45(20-28(25)29)37(49)23-10-13-33-32(14-23)43-38(50)51-33/h2-4,6-7,10-14,16-17,25,28-30,41H,5,8-9,15,18-21H2,1H3,(H,40,48)(H,42,47)(H,43,50)/t25?,28?,29?,30-/m0/s1. The number of aromatic amines is 2. The van der Waals surface area contributed by atoms with Crippen LogP contribution in [0, 0.1) is 17.8 Å². The van der Waals surface area contributed by atoms with E-state index in [1.54, 1.807) is 47.3 Å². The number of likely N-dealkylation sites (N-methyl/N-ethyl adjacent to an activating group) is 1. The van der Waals surface area contributed by atoms with Crippen molar-refractivity contribution in [1.29, 1.82) is 0 Å². The predicted molar refractivity (Wildman–Crippen MR) is 192 cm³/mol. The molecule has 4 heterocycles. The van der Waals surface area contributed by atoms with Crippen molar-refractivity contribution in [3.8, 4) is 0 Å². The summed E-state index contributed by atoms with van der Waals surface area (Å²) in [4.78, 5) is 75.8. The van der Waals surface area contributed by atoms with Gasteiger partial charge in [0.1, 0.15) is 6.04 Å². The van der Waals surface area contributed by atoms with Gasteiger partial charge >= 0.3 is 5.76 Å². The Morgan fingerprint density at radius 1 is 0.961 bits per heavy atom. The molecule has 264 valence electrons. The van der Waals surface area contributed by atoms with Gasteiger partial charge in [0.15, 0.2) is 5.58 Å². The molecule has 2 aromatic heterocycles. The van der Waals surface area contributed by atoms with Gasteiger partial charge in [-0.2, -0.15) is 0 Å². The highest BCUT2D eigenvalue weighted by atomic mass is 35.5. The van der Waals surface area contributed by atoms with E-state index in [9.17, 15) is 24.0 Å². The first kappa shape index (κ1) is 34.1. The predicted octanol–water partition coefficient (Wildman–Crippen LogP) is 3.90. The van der Waals surface area contributed by atoms with Gasteiger partial charge in [0.25, 0.3) is 5.91 Å². The van der Waals surface area contributed by atoms with Crippen LogP contribution in [-0.4, -0.2) is 82.7 Å². The molecule has 0 spiro atoms. The number of aryl methyl sites for hydroxylation is 1. The Morgan fingerprint density at radius 3 is 2.57 bits per heavy atom. The maximum atomic E-state index is 14.2. The van der Waals surface area contributed by atoms with Crippen molar-refractivity contribution in [3.63, 3.8) is 0 Å². The first-order valence-electron chi connectivity index (χ1n) is 17.2. The normalized spacial score (nSPS) is 19.2. The molecule has 4 amide bonds. The smallest absolute Gasteiger partial charge is 0.408 e. The summed E-state index contributed by atoms with van der Waals surface area (Å²) in [7, 11) is 1.55. The van der Waals surface area contributed by atoms with Crippen LogP contribution in [0.3, 0.4) is 0 Å². The molecule has 2 fully saturated rings. The van der Waals surface area contributed by atoms with Crippen molar-refractivity contribution >= 4 is 57.2 Å². The van der Waals surface area contributed by atoms with Crippen molar-refractivity contribution in [2.75, 3.05) is 33.2 Å². The lowest BCUT2D eigenvalue weighted by Gasteiger charge is -2.40. The maximum Gasteiger partial charge on any atom is 0.417 e. The minimum atomic E-state index is -0.753. The zero-order valence-electron chi connectivity index (χ0n) is 28.1. The van der Waals surface area contributed by atoms with Crippen LogP contribution in [0.2, 0.25) is 5.02 Å². The average molecular weight is 711 g/mol. The first-order chi connectivity index (χ1) is 24.7. The number of benzene rings is 3. The zero-order chi connectivity index (χ0) is 35.6. The van der Waals surface area contributed by atoms with Gasteiger partial charge in [0, 0.05) is 60.9 Å². The molecule has 5 aromatic rings. The third-order valence-corrected chi connectivity index (χ3v) is 10.5. The number of aromatic nitrogens is 2. The molecule has 2 saturated heterocycles. The van der Waals surface area contributed by atoms with Crippen LogP contribution in [0.5, 0.6) is 0 Å². The number of fused-ring (bicyclic) bond motifs is 3. The molecule has 2 aliphatic rings. The number of hydrogen-bond donors (Lipinski definition) is 4. The van der Waals surface area contributed by atoms with Crippen LogP contribution in [0.25, 0.3) is 22.0 Å². The SMILES string of the molecule is CNC(=O)[C@H](CCCc1ccccc1)NC(=O)C1CN(C(=O)Cc2c[nH]c3cc(Cl)ccc23)CC2CN(C(=O)c3ccc4oc(=O)[nH]c4c3)CC21. The molecule has 51 heavy (non-hydrogen) atoms. The van der Waals surface area contributed by atoms with Gasteiger partial charge in [-0.05, 0) is 72.6 Å². The van der Waals surface area contributed by atoms with E-state index in [4.69, 9.17) is 16.0 Å². The van der Waals surface area contributed by atoms with Crippen molar-refractivity contribution in [3.05, 3.63) is 105 Å². The number of halogens is 1. The van der Waals surface area contributed by atoms with Gasteiger partial charge in [-0.15, -0.1) is 0 Å². The van der Waals surface area contributed by atoms with Crippen LogP contribution in [-0.2, 0) is 27.2 Å². The lowest BCUT2D eigenvalue weighted by Crippen LogP contribution is -2.56. The lowest BCUT2D eigenvalue weighted by molar-refractivity contribution is -0.140. The van der Waals surface area contributed by atoms with E-state index in [1.165, 1.54) is 0 Å². The molecular weight excluding hydrogens is 672 g/mol. The summed E-state index contributed by atoms with van der Waals surface area (Å²) in [5, 5.41) is 7.18. The highest BCUT2D eigenvalue weighted by Crippen LogP contribution is 2.37. The molecule has 3 aromatic carbocycles. The molecule has 2 aliphatic heterocycles. The van der Waals surface area contributed by atoms with E-state index in [1.807, 2.05) is 42.5 Å². The third kappa shape index (κ3) is 7.27. The topological polar surface area (TPSA) is 161 Å². The highest BCUT2D eigenvalue weighted by Gasteiger charge is 2.48. The Hall–Kier alpha value is -5.36. The van der Waals surface area contributed by atoms with Crippen molar-refractivity contribution in [2.24, 2.45) is 17.8 Å². The Bertz CT molecular complexity index is 2160. The molecule has 0 saturated carbocycles. The summed E-state index contributed by atoms with van der Waals surface area (Å²) >= 11 is 6.17. The van der Waals surface area contributed by atoms with Gasteiger partial charge in [0.2, 0.25) is 17.7 Å². The number of carbonyl (C=O) groups is 4. The Morgan fingerprint density at radius 2 is 1.76 bits per heavy atom. The number of nitrogens with one attached hydrogen (secondary N) is 4. The first-order valence-corrected chi connectivity index (χ1v) is 17.6. The Balaban J connectivity index is 1.11. The zero-order valence-corrected chi connectivity index (χ0v) is 28.9. The molecule has 0 bridgehead atoms. The largest absolute Gasteiger partial charge is 0.417 e. The molecule has 12 nitrogen and oxygen atoms in total.